The van der Waals surface area contributed by atoms with Gasteiger partial charge in [-0.15, -0.1) is 0 Å². The van der Waals surface area contributed by atoms with Crippen molar-refractivity contribution in [2.45, 2.75) is 60.0 Å². The van der Waals surface area contributed by atoms with Crippen LogP contribution >= 0.6 is 0 Å². The van der Waals surface area contributed by atoms with Gasteiger partial charge < -0.3 is 10.6 Å². The highest BCUT2D eigenvalue weighted by molar-refractivity contribution is 4.86. The van der Waals surface area contributed by atoms with Crippen LogP contribution in [0.5, 0.6) is 0 Å². The Morgan fingerprint density at radius 1 is 1.16 bits per heavy atom. The van der Waals surface area contributed by atoms with Crippen molar-refractivity contribution in [1.82, 2.24) is 9.80 Å². The fourth-order valence-electron chi connectivity index (χ4n) is 2.63. The van der Waals surface area contributed by atoms with Crippen LogP contribution in [0.15, 0.2) is 0 Å². The van der Waals surface area contributed by atoms with E-state index in [0.717, 1.165) is 5.92 Å². The van der Waals surface area contributed by atoms with Crippen molar-refractivity contribution in [3.8, 4) is 0 Å². The summed E-state index contributed by atoms with van der Waals surface area (Å²) in [7, 11) is 4.28. The summed E-state index contributed by atoms with van der Waals surface area (Å²) in [6.07, 6.45) is 4.18. The zero-order valence-electron chi connectivity index (χ0n) is 14.4. The van der Waals surface area contributed by atoms with E-state index in [4.69, 9.17) is 5.73 Å². The largest absolute Gasteiger partial charge is 0.316 e. The highest BCUT2D eigenvalue weighted by Crippen LogP contribution is 2.36. The van der Waals surface area contributed by atoms with E-state index in [0.29, 0.717) is 11.6 Å². The Labute approximate surface area is 121 Å². The lowest BCUT2D eigenvalue weighted by Crippen LogP contribution is -2.32. The van der Waals surface area contributed by atoms with Gasteiger partial charge in [0.1, 0.15) is 0 Å². The summed E-state index contributed by atoms with van der Waals surface area (Å²) < 4.78 is 0. The maximum atomic E-state index is 5.60. The van der Waals surface area contributed by atoms with Gasteiger partial charge in [0.25, 0.3) is 0 Å². The van der Waals surface area contributed by atoms with Crippen molar-refractivity contribution >= 4 is 0 Å². The molecule has 2 atom stereocenters. The van der Waals surface area contributed by atoms with Crippen LogP contribution in [0.25, 0.3) is 0 Å². The van der Waals surface area contributed by atoms with Gasteiger partial charge in [0.15, 0.2) is 0 Å². The normalized spacial score (nSPS) is 31.7. The average Bonchev–Trinajstić information content (AvgIpc) is 2.91. The van der Waals surface area contributed by atoms with Crippen LogP contribution in [-0.4, -0.2) is 49.7 Å². The maximum absolute atomic E-state index is 5.60. The van der Waals surface area contributed by atoms with Crippen LogP contribution in [0.3, 0.4) is 0 Å². The first-order valence-electron chi connectivity index (χ1n) is 7.99. The molecule has 2 rings (SSSR count). The second kappa shape index (κ2) is 8.93. The number of hydrogen-bond acceptors (Lipinski definition) is 3. The first kappa shape index (κ1) is 18.9. The second-order valence-electron chi connectivity index (χ2n) is 6.49. The lowest BCUT2D eigenvalue weighted by atomic mass is 9.79. The standard InChI is InChI=1S/C9H19N.C5H12N2.C2H6/c1-8(2)9(3)5-6-10(4)7-9;1-7-4-2-3-5(7)6;1-2/h8H,5-7H2,1-4H3;5H,2-4,6H2,1H3;1-2H3. The van der Waals surface area contributed by atoms with Gasteiger partial charge >= 0.3 is 0 Å². The molecule has 2 aliphatic heterocycles. The molecule has 19 heavy (non-hydrogen) atoms. The van der Waals surface area contributed by atoms with Gasteiger partial charge in [0.2, 0.25) is 0 Å². The monoisotopic (exact) mass is 271 g/mol. The number of nitrogens with two attached hydrogens (primary N) is 1. The zero-order valence-corrected chi connectivity index (χ0v) is 14.4. The van der Waals surface area contributed by atoms with Crippen LogP contribution in [0.2, 0.25) is 0 Å². The molecule has 2 N–H and O–H groups in total. The summed E-state index contributed by atoms with van der Waals surface area (Å²) in [5, 5.41) is 0. The molecule has 0 spiro atoms. The van der Waals surface area contributed by atoms with Gasteiger partial charge in [-0.3, -0.25) is 4.90 Å². The molecule has 116 valence electrons. The molecule has 0 aromatic rings. The topological polar surface area (TPSA) is 32.5 Å². The molecule has 2 aliphatic rings. The van der Waals surface area contributed by atoms with Crippen LogP contribution < -0.4 is 5.73 Å². The minimum absolute atomic E-state index is 0.347. The number of likely N-dealkylation sites (tertiary alicyclic amines) is 2. The molecule has 0 aliphatic carbocycles. The van der Waals surface area contributed by atoms with E-state index < -0.39 is 0 Å². The predicted octanol–water partition coefficient (Wildman–Crippen LogP) is 3.01. The first-order valence-corrected chi connectivity index (χ1v) is 7.99. The van der Waals surface area contributed by atoms with Crippen molar-refractivity contribution in [1.29, 1.82) is 0 Å². The fourth-order valence-corrected chi connectivity index (χ4v) is 2.63. The third kappa shape index (κ3) is 6.24. The maximum Gasteiger partial charge on any atom is 0.0569 e. The molecule has 0 bridgehead atoms. The van der Waals surface area contributed by atoms with Crippen molar-refractivity contribution in [2.24, 2.45) is 17.1 Å². The van der Waals surface area contributed by atoms with E-state index in [1.807, 2.05) is 13.8 Å². The Bertz CT molecular complexity index is 222. The van der Waals surface area contributed by atoms with E-state index in [-0.39, 0.29) is 0 Å². The Hall–Kier alpha value is -0.120. The van der Waals surface area contributed by atoms with E-state index in [1.165, 1.54) is 38.9 Å². The van der Waals surface area contributed by atoms with Gasteiger partial charge in [-0.1, -0.05) is 34.6 Å². The van der Waals surface area contributed by atoms with Gasteiger partial charge in [0, 0.05) is 6.54 Å². The molecule has 0 amide bonds. The van der Waals surface area contributed by atoms with Crippen molar-refractivity contribution < 1.29 is 0 Å². The Balaban J connectivity index is 0.000000316. The SMILES string of the molecule is CC.CC(C)C1(C)CCN(C)C1.CN1CCCC1N. The van der Waals surface area contributed by atoms with Crippen LogP contribution in [0.4, 0.5) is 0 Å². The predicted molar refractivity (Wildman–Crippen MR) is 86.2 cm³/mol. The highest BCUT2D eigenvalue weighted by atomic mass is 15.2. The highest BCUT2D eigenvalue weighted by Gasteiger charge is 2.34. The summed E-state index contributed by atoms with van der Waals surface area (Å²) >= 11 is 0. The summed E-state index contributed by atoms with van der Waals surface area (Å²) in [6, 6.07) is 0. The third-order valence-corrected chi connectivity index (χ3v) is 4.67. The van der Waals surface area contributed by atoms with E-state index in [9.17, 15) is 0 Å². The fraction of sp³-hybridized carbons (Fsp3) is 1.00. The molecule has 2 fully saturated rings. The van der Waals surface area contributed by atoms with Gasteiger partial charge in [-0.2, -0.15) is 0 Å². The summed E-state index contributed by atoms with van der Waals surface area (Å²) in [6.45, 7) is 14.8. The van der Waals surface area contributed by atoms with Crippen molar-refractivity contribution in [2.75, 3.05) is 33.7 Å². The molecule has 3 nitrogen and oxygen atoms in total. The second-order valence-corrected chi connectivity index (χ2v) is 6.49. The first-order chi connectivity index (χ1) is 8.85. The Morgan fingerprint density at radius 3 is 1.89 bits per heavy atom. The third-order valence-electron chi connectivity index (χ3n) is 4.67. The molecule has 0 aromatic heterocycles. The minimum atomic E-state index is 0.347. The lowest BCUT2D eigenvalue weighted by molar-refractivity contribution is 0.223. The van der Waals surface area contributed by atoms with Gasteiger partial charge in [-0.25, -0.2) is 0 Å². The average molecular weight is 271 g/mol. The van der Waals surface area contributed by atoms with Gasteiger partial charge in [0.05, 0.1) is 6.17 Å². The van der Waals surface area contributed by atoms with Gasteiger partial charge in [-0.05, 0) is 57.8 Å². The Kier molecular flexibility index (Phi) is 8.88. The molecule has 0 radical (unpaired) electrons. The van der Waals surface area contributed by atoms with Crippen molar-refractivity contribution in [3.05, 3.63) is 0 Å². The molecule has 2 unspecified atom stereocenters. The number of hydrogen-bond donors (Lipinski definition) is 1. The van der Waals surface area contributed by atoms with Crippen molar-refractivity contribution in [3.63, 3.8) is 0 Å². The van der Waals surface area contributed by atoms with Crippen LogP contribution in [0.1, 0.15) is 53.9 Å². The smallest absolute Gasteiger partial charge is 0.0569 e. The number of rotatable bonds is 1. The quantitative estimate of drug-likeness (QED) is 0.796. The molecule has 2 saturated heterocycles. The summed E-state index contributed by atoms with van der Waals surface area (Å²) in [4.78, 5) is 4.61. The minimum Gasteiger partial charge on any atom is -0.316 e. The van der Waals surface area contributed by atoms with E-state index in [2.05, 4.69) is 44.7 Å². The summed E-state index contributed by atoms with van der Waals surface area (Å²) in [5.41, 5.74) is 6.20. The van der Waals surface area contributed by atoms with Crippen LogP contribution in [-0.2, 0) is 0 Å². The van der Waals surface area contributed by atoms with E-state index >= 15 is 0 Å². The summed E-state index contributed by atoms with van der Waals surface area (Å²) in [5.74, 6) is 0.831. The molecule has 2 heterocycles. The zero-order chi connectivity index (χ0) is 15.1. The molecule has 3 heteroatoms. The van der Waals surface area contributed by atoms with Crippen LogP contribution in [0, 0.1) is 11.3 Å². The number of nitrogens with zero attached hydrogens (tertiary/aromatic N) is 2. The molecular formula is C16H37N3. The lowest BCUT2D eigenvalue weighted by Gasteiger charge is -2.28. The molecular weight excluding hydrogens is 234 g/mol. The molecule has 0 aromatic carbocycles. The molecule has 0 saturated carbocycles. The van der Waals surface area contributed by atoms with E-state index in [1.54, 1.807) is 0 Å². The Morgan fingerprint density at radius 2 is 1.74 bits per heavy atom.